The summed E-state index contributed by atoms with van der Waals surface area (Å²) in [5, 5.41) is 3.99. The van der Waals surface area contributed by atoms with Crippen LogP contribution in [0.3, 0.4) is 0 Å². The maximum absolute atomic E-state index is 12.4. The van der Waals surface area contributed by atoms with Gasteiger partial charge in [-0.05, 0) is 44.0 Å². The summed E-state index contributed by atoms with van der Waals surface area (Å²) < 4.78 is 2.16. The minimum Gasteiger partial charge on any atom is -0.347 e. The number of nitrogens with one attached hydrogen (secondary N) is 1. The fourth-order valence-electron chi connectivity index (χ4n) is 2.78. The van der Waals surface area contributed by atoms with Crippen LogP contribution in [0.15, 0.2) is 49.3 Å². The highest BCUT2D eigenvalue weighted by Gasteiger charge is 2.10. The van der Waals surface area contributed by atoms with Gasteiger partial charge in [-0.15, -0.1) is 0 Å². The molecule has 0 saturated heterocycles. The topological polar surface area (TPSA) is 46.9 Å². The molecule has 3 aromatic rings. The van der Waals surface area contributed by atoms with Crippen LogP contribution in [0.1, 0.15) is 35.3 Å². The van der Waals surface area contributed by atoms with Crippen LogP contribution in [-0.4, -0.2) is 15.5 Å². The quantitative estimate of drug-likeness (QED) is 0.761. The zero-order chi connectivity index (χ0) is 17.3. The van der Waals surface area contributed by atoms with E-state index in [0.717, 1.165) is 28.6 Å². The number of amides is 1. The van der Waals surface area contributed by atoms with E-state index in [1.165, 1.54) is 5.56 Å². The summed E-state index contributed by atoms with van der Waals surface area (Å²) in [5.41, 5.74) is 4.88. The number of anilines is 1. The lowest BCUT2D eigenvalue weighted by Crippen LogP contribution is -2.13. The van der Waals surface area contributed by atoms with Gasteiger partial charge in [-0.2, -0.15) is 0 Å². The molecule has 1 N–H and O–H groups in total. The van der Waals surface area contributed by atoms with Gasteiger partial charge < -0.3 is 9.88 Å². The summed E-state index contributed by atoms with van der Waals surface area (Å²) in [4.78, 5) is 16.8. The smallest absolute Gasteiger partial charge is 0.256 e. The van der Waals surface area contributed by atoms with E-state index in [2.05, 4.69) is 41.5 Å². The molecule has 1 amide bonds. The predicted octanol–water partition coefficient (Wildman–Crippen LogP) is 4.65. The number of benzene rings is 1. The van der Waals surface area contributed by atoms with Crippen molar-refractivity contribution in [2.45, 2.75) is 27.3 Å². The molecule has 0 aliphatic carbocycles. The molecule has 0 fully saturated rings. The summed E-state index contributed by atoms with van der Waals surface area (Å²) in [7, 11) is 0. The van der Waals surface area contributed by atoms with Crippen LogP contribution in [0.5, 0.6) is 0 Å². The van der Waals surface area contributed by atoms with Crippen molar-refractivity contribution in [1.82, 2.24) is 9.55 Å². The van der Waals surface area contributed by atoms with E-state index in [9.17, 15) is 4.79 Å². The van der Waals surface area contributed by atoms with E-state index in [1.54, 1.807) is 12.1 Å². The molecule has 0 atom stereocenters. The number of hydrogen-bond acceptors (Lipinski definition) is 2. The van der Waals surface area contributed by atoms with Crippen molar-refractivity contribution in [2.75, 3.05) is 5.32 Å². The van der Waals surface area contributed by atoms with Crippen LogP contribution in [0.25, 0.3) is 16.5 Å². The van der Waals surface area contributed by atoms with Crippen LogP contribution < -0.4 is 5.32 Å². The molecule has 0 radical (unpaired) electrons. The Bertz CT molecular complexity index is 920. The van der Waals surface area contributed by atoms with Gasteiger partial charge >= 0.3 is 0 Å². The molecule has 4 nitrogen and oxygen atoms in total. The van der Waals surface area contributed by atoms with Crippen molar-refractivity contribution in [2.24, 2.45) is 0 Å². The third-order valence-electron chi connectivity index (χ3n) is 4.19. The minimum absolute atomic E-state index is 0.165. The molecule has 0 aliphatic heterocycles. The summed E-state index contributed by atoms with van der Waals surface area (Å²) in [5.74, 6) is 0.394. The van der Waals surface area contributed by atoms with E-state index in [1.807, 2.05) is 31.3 Å². The molecule has 1 aromatic carbocycles. The first-order chi connectivity index (χ1) is 11.5. The highest BCUT2D eigenvalue weighted by molar-refractivity contribution is 6.04. The van der Waals surface area contributed by atoms with Gasteiger partial charge in [-0.1, -0.05) is 24.3 Å². The van der Waals surface area contributed by atoms with Crippen LogP contribution in [0, 0.1) is 6.92 Å². The SMILES string of the molecule is C=C(C)c1ccc(C(=O)Nc2cc3c(cn2)c(C)cn3CC)cc1. The number of hydrogen-bond donors (Lipinski definition) is 1. The molecule has 0 bridgehead atoms. The number of rotatable bonds is 4. The average molecular weight is 319 g/mol. The Morgan fingerprint density at radius 1 is 1.25 bits per heavy atom. The standard InChI is InChI=1S/C20H21N3O/c1-5-23-12-14(4)17-11-21-19(10-18(17)23)22-20(24)16-8-6-15(7-9-16)13(2)3/h6-12H,2,5H2,1,3-4H3,(H,21,22,24). The summed E-state index contributed by atoms with van der Waals surface area (Å²) >= 11 is 0. The fourth-order valence-corrected chi connectivity index (χ4v) is 2.78. The molecule has 2 aromatic heterocycles. The maximum atomic E-state index is 12.4. The van der Waals surface area contributed by atoms with Crippen LogP contribution in [-0.2, 0) is 6.54 Å². The second-order valence-corrected chi connectivity index (χ2v) is 6.00. The lowest BCUT2D eigenvalue weighted by atomic mass is 10.1. The normalized spacial score (nSPS) is 10.8. The molecule has 0 aliphatic rings. The third-order valence-corrected chi connectivity index (χ3v) is 4.19. The highest BCUT2D eigenvalue weighted by atomic mass is 16.1. The first-order valence-corrected chi connectivity index (χ1v) is 8.02. The average Bonchev–Trinajstić information content (AvgIpc) is 2.90. The molecule has 24 heavy (non-hydrogen) atoms. The van der Waals surface area contributed by atoms with E-state index in [-0.39, 0.29) is 5.91 Å². The van der Waals surface area contributed by atoms with Gasteiger partial charge in [-0.3, -0.25) is 4.79 Å². The zero-order valence-electron chi connectivity index (χ0n) is 14.3. The maximum Gasteiger partial charge on any atom is 0.256 e. The highest BCUT2D eigenvalue weighted by Crippen LogP contribution is 2.23. The first kappa shape index (κ1) is 16.0. The van der Waals surface area contributed by atoms with E-state index < -0.39 is 0 Å². The summed E-state index contributed by atoms with van der Waals surface area (Å²) in [6, 6.07) is 9.33. The molecule has 0 saturated carbocycles. The van der Waals surface area contributed by atoms with Crippen molar-refractivity contribution in [3.8, 4) is 0 Å². The number of aryl methyl sites for hydroxylation is 2. The number of carbonyl (C=O) groups is 1. The Hall–Kier alpha value is -2.88. The lowest BCUT2D eigenvalue weighted by Gasteiger charge is -2.07. The number of allylic oxidation sites excluding steroid dienone is 1. The summed E-state index contributed by atoms with van der Waals surface area (Å²) in [6.07, 6.45) is 3.92. The van der Waals surface area contributed by atoms with Crippen molar-refractivity contribution in [3.63, 3.8) is 0 Å². The Balaban J connectivity index is 1.86. The van der Waals surface area contributed by atoms with Gasteiger partial charge in [0.2, 0.25) is 0 Å². The van der Waals surface area contributed by atoms with Crippen molar-refractivity contribution < 1.29 is 4.79 Å². The lowest BCUT2D eigenvalue weighted by molar-refractivity contribution is 0.102. The molecular formula is C20H21N3O. The van der Waals surface area contributed by atoms with Crippen molar-refractivity contribution >= 4 is 28.2 Å². The molecule has 122 valence electrons. The number of aromatic nitrogens is 2. The molecule has 0 unspecified atom stereocenters. The number of fused-ring (bicyclic) bond motifs is 1. The van der Waals surface area contributed by atoms with Gasteiger partial charge in [0.25, 0.3) is 5.91 Å². The second kappa shape index (κ2) is 6.32. The Labute approximate surface area is 141 Å². The zero-order valence-corrected chi connectivity index (χ0v) is 14.3. The van der Waals surface area contributed by atoms with Gasteiger partial charge in [0.05, 0.1) is 5.52 Å². The van der Waals surface area contributed by atoms with Gasteiger partial charge in [0.15, 0.2) is 0 Å². The van der Waals surface area contributed by atoms with E-state index >= 15 is 0 Å². The number of carbonyl (C=O) groups excluding carboxylic acids is 1. The monoisotopic (exact) mass is 319 g/mol. The van der Waals surface area contributed by atoms with Crippen molar-refractivity contribution in [1.29, 1.82) is 0 Å². The number of pyridine rings is 1. The summed E-state index contributed by atoms with van der Waals surface area (Å²) in [6.45, 7) is 10.9. The predicted molar refractivity (Wildman–Crippen MR) is 99.2 cm³/mol. The van der Waals surface area contributed by atoms with Gasteiger partial charge in [0, 0.05) is 36.0 Å². The second-order valence-electron chi connectivity index (χ2n) is 6.00. The van der Waals surface area contributed by atoms with Crippen LogP contribution in [0.4, 0.5) is 5.82 Å². The minimum atomic E-state index is -0.165. The Morgan fingerprint density at radius 2 is 1.92 bits per heavy atom. The fraction of sp³-hybridized carbons (Fsp3) is 0.200. The molecule has 0 spiro atoms. The largest absolute Gasteiger partial charge is 0.347 e. The van der Waals surface area contributed by atoms with Crippen LogP contribution >= 0.6 is 0 Å². The molecule has 4 heteroatoms. The molecule has 3 rings (SSSR count). The number of nitrogens with zero attached hydrogens (tertiary/aromatic N) is 2. The first-order valence-electron chi connectivity index (χ1n) is 8.02. The molecular weight excluding hydrogens is 298 g/mol. The molecule has 2 heterocycles. The van der Waals surface area contributed by atoms with Crippen LogP contribution in [0.2, 0.25) is 0 Å². The van der Waals surface area contributed by atoms with Crippen molar-refractivity contribution in [3.05, 3.63) is 66.0 Å². The third kappa shape index (κ3) is 2.95. The van der Waals surface area contributed by atoms with Gasteiger partial charge in [0.1, 0.15) is 5.82 Å². The Morgan fingerprint density at radius 3 is 2.54 bits per heavy atom. The van der Waals surface area contributed by atoms with E-state index in [0.29, 0.717) is 11.4 Å². The van der Waals surface area contributed by atoms with Gasteiger partial charge in [-0.25, -0.2) is 4.98 Å². The van der Waals surface area contributed by atoms with E-state index in [4.69, 9.17) is 0 Å². The Kier molecular flexibility index (Phi) is 4.21.